The van der Waals surface area contributed by atoms with Crippen molar-refractivity contribution in [2.24, 2.45) is 5.92 Å². The summed E-state index contributed by atoms with van der Waals surface area (Å²) in [5.41, 5.74) is 3.99. The Hall–Kier alpha value is -3.93. The molecule has 4 rings (SSSR count). The van der Waals surface area contributed by atoms with Gasteiger partial charge in [-0.15, -0.1) is 0 Å². The number of aliphatic hydroxyl groups is 1. The fourth-order valence-corrected chi connectivity index (χ4v) is 4.64. The van der Waals surface area contributed by atoms with Gasteiger partial charge >= 0.3 is 0 Å². The van der Waals surface area contributed by atoms with E-state index < -0.39 is 17.7 Å². The SMILES string of the molecule is Cc1cc(OCC(C)C)ccc1/C(O)=C1\C(=O)C(=O)N(Cc2cccnc2)C1c1ccc(C(C)(C)C)cc1. The van der Waals surface area contributed by atoms with Gasteiger partial charge in [-0.25, -0.2) is 0 Å². The monoisotopic (exact) mass is 512 g/mol. The zero-order valence-electron chi connectivity index (χ0n) is 23.0. The maximum Gasteiger partial charge on any atom is 0.295 e. The fourth-order valence-electron chi connectivity index (χ4n) is 4.64. The number of hydrogen-bond acceptors (Lipinski definition) is 5. The molecule has 38 heavy (non-hydrogen) atoms. The van der Waals surface area contributed by atoms with Gasteiger partial charge in [0.25, 0.3) is 11.7 Å². The molecule has 1 aliphatic heterocycles. The zero-order valence-corrected chi connectivity index (χ0v) is 23.0. The molecule has 1 amide bonds. The Bertz CT molecular complexity index is 1350. The number of aromatic nitrogens is 1. The summed E-state index contributed by atoms with van der Waals surface area (Å²) in [5.74, 6) is -0.455. The normalized spacial score (nSPS) is 17.3. The lowest BCUT2D eigenvalue weighted by Gasteiger charge is -2.26. The molecule has 0 aliphatic carbocycles. The molecule has 1 aromatic heterocycles. The summed E-state index contributed by atoms with van der Waals surface area (Å²) in [6, 6.07) is 16.2. The number of aliphatic hydroxyl groups excluding tert-OH is 1. The van der Waals surface area contributed by atoms with Crippen molar-refractivity contribution in [3.63, 3.8) is 0 Å². The second-order valence-corrected chi connectivity index (χ2v) is 11.3. The van der Waals surface area contributed by atoms with Crippen molar-refractivity contribution < 1.29 is 19.4 Å². The molecule has 2 aromatic carbocycles. The Morgan fingerprint density at radius 2 is 1.79 bits per heavy atom. The molecule has 2 heterocycles. The quantitative estimate of drug-likeness (QED) is 0.227. The molecule has 6 heteroatoms. The molecule has 0 bridgehead atoms. The average Bonchev–Trinajstić information content (AvgIpc) is 3.12. The van der Waals surface area contributed by atoms with Crippen molar-refractivity contribution in [1.82, 2.24) is 9.88 Å². The largest absolute Gasteiger partial charge is 0.507 e. The Morgan fingerprint density at radius 3 is 2.37 bits per heavy atom. The smallest absolute Gasteiger partial charge is 0.295 e. The number of benzene rings is 2. The van der Waals surface area contributed by atoms with E-state index in [1.54, 1.807) is 30.6 Å². The Morgan fingerprint density at radius 1 is 1.08 bits per heavy atom. The van der Waals surface area contributed by atoms with Crippen LogP contribution in [0.1, 0.15) is 68.5 Å². The molecule has 1 atom stereocenters. The van der Waals surface area contributed by atoms with Crippen molar-refractivity contribution in [3.05, 3.63) is 100 Å². The van der Waals surface area contributed by atoms with Gasteiger partial charge in [0.15, 0.2) is 0 Å². The van der Waals surface area contributed by atoms with Gasteiger partial charge in [-0.2, -0.15) is 0 Å². The molecule has 1 unspecified atom stereocenters. The Kier molecular flexibility index (Phi) is 7.72. The van der Waals surface area contributed by atoms with Crippen LogP contribution in [0, 0.1) is 12.8 Å². The van der Waals surface area contributed by atoms with Crippen LogP contribution in [0.4, 0.5) is 0 Å². The topological polar surface area (TPSA) is 79.7 Å². The van der Waals surface area contributed by atoms with Crippen LogP contribution < -0.4 is 4.74 Å². The van der Waals surface area contributed by atoms with E-state index >= 15 is 0 Å². The molecule has 1 N–H and O–H groups in total. The highest BCUT2D eigenvalue weighted by atomic mass is 16.5. The summed E-state index contributed by atoms with van der Waals surface area (Å²) in [7, 11) is 0. The van der Waals surface area contributed by atoms with E-state index in [4.69, 9.17) is 4.74 Å². The van der Waals surface area contributed by atoms with Crippen molar-refractivity contribution in [1.29, 1.82) is 0 Å². The fraction of sp³-hybridized carbons (Fsp3) is 0.344. The van der Waals surface area contributed by atoms with Gasteiger partial charge in [0.2, 0.25) is 0 Å². The third kappa shape index (κ3) is 5.64. The van der Waals surface area contributed by atoms with Gasteiger partial charge in [0.1, 0.15) is 11.5 Å². The van der Waals surface area contributed by atoms with Crippen LogP contribution in [0.5, 0.6) is 5.75 Å². The maximum absolute atomic E-state index is 13.4. The van der Waals surface area contributed by atoms with E-state index in [1.165, 1.54) is 4.90 Å². The minimum absolute atomic E-state index is 0.0491. The minimum atomic E-state index is -0.736. The predicted octanol–water partition coefficient (Wildman–Crippen LogP) is 6.34. The van der Waals surface area contributed by atoms with Gasteiger partial charge in [-0.05, 0) is 64.8 Å². The summed E-state index contributed by atoms with van der Waals surface area (Å²) >= 11 is 0. The van der Waals surface area contributed by atoms with E-state index in [1.807, 2.05) is 43.3 Å². The van der Waals surface area contributed by atoms with Crippen LogP contribution >= 0.6 is 0 Å². The highest BCUT2D eigenvalue weighted by Gasteiger charge is 2.46. The first-order valence-corrected chi connectivity index (χ1v) is 13.0. The van der Waals surface area contributed by atoms with Gasteiger partial charge in [-0.1, -0.05) is 65.0 Å². The molecular weight excluding hydrogens is 476 g/mol. The molecule has 1 aliphatic rings. The van der Waals surface area contributed by atoms with Crippen LogP contribution in [0.15, 0.2) is 72.6 Å². The van der Waals surface area contributed by atoms with Gasteiger partial charge in [0.05, 0.1) is 18.2 Å². The van der Waals surface area contributed by atoms with Crippen molar-refractivity contribution in [2.45, 2.75) is 59.5 Å². The number of amides is 1. The number of likely N-dealkylation sites (tertiary alicyclic amines) is 1. The molecule has 3 aromatic rings. The zero-order chi connectivity index (χ0) is 27.6. The number of hydrogen-bond donors (Lipinski definition) is 1. The van der Waals surface area contributed by atoms with Gasteiger partial charge < -0.3 is 14.7 Å². The summed E-state index contributed by atoms with van der Waals surface area (Å²) < 4.78 is 5.83. The molecule has 0 saturated carbocycles. The van der Waals surface area contributed by atoms with E-state index in [0.29, 0.717) is 23.8 Å². The Labute approximate surface area is 225 Å². The first-order valence-electron chi connectivity index (χ1n) is 13.0. The molecule has 6 nitrogen and oxygen atoms in total. The lowest BCUT2D eigenvalue weighted by molar-refractivity contribution is -0.140. The first-order chi connectivity index (χ1) is 18.0. The summed E-state index contributed by atoms with van der Waals surface area (Å²) in [5, 5.41) is 11.5. The summed E-state index contributed by atoms with van der Waals surface area (Å²) in [4.78, 5) is 32.5. The number of carbonyl (C=O) groups is 2. The number of ether oxygens (including phenoxy) is 1. The highest BCUT2D eigenvalue weighted by Crippen LogP contribution is 2.41. The van der Waals surface area contributed by atoms with E-state index in [9.17, 15) is 14.7 Å². The molecule has 1 fully saturated rings. The third-order valence-corrected chi connectivity index (χ3v) is 6.74. The summed E-state index contributed by atoms with van der Waals surface area (Å²) in [6.45, 7) is 13.2. The Balaban J connectivity index is 1.81. The lowest BCUT2D eigenvalue weighted by atomic mass is 9.85. The molecular formula is C32H36N2O4. The second kappa shape index (κ2) is 10.8. The van der Waals surface area contributed by atoms with Crippen LogP contribution in [-0.2, 0) is 21.5 Å². The number of ketones is 1. The van der Waals surface area contributed by atoms with Crippen LogP contribution in [0.2, 0.25) is 0 Å². The highest BCUT2D eigenvalue weighted by molar-refractivity contribution is 6.46. The predicted molar refractivity (Wildman–Crippen MR) is 149 cm³/mol. The number of rotatable bonds is 7. The van der Waals surface area contributed by atoms with Gasteiger partial charge in [0, 0.05) is 24.5 Å². The molecule has 0 spiro atoms. The van der Waals surface area contributed by atoms with Crippen LogP contribution in [-0.4, -0.2) is 33.3 Å². The standard InChI is InChI=1S/C32H36N2O4/c1-20(2)19-38-25-13-14-26(21(3)16-25)29(35)27-28(23-9-11-24(12-10-23)32(4,5)6)34(31(37)30(27)36)18-22-8-7-15-33-17-22/h7-17,20,28,35H,18-19H2,1-6H3/b29-27+. The number of aryl methyl sites for hydroxylation is 1. The summed E-state index contributed by atoms with van der Waals surface area (Å²) in [6.07, 6.45) is 3.34. The van der Waals surface area contributed by atoms with E-state index in [0.717, 1.165) is 22.3 Å². The van der Waals surface area contributed by atoms with Crippen LogP contribution in [0.25, 0.3) is 5.76 Å². The number of carbonyl (C=O) groups excluding carboxylic acids is 2. The second-order valence-electron chi connectivity index (χ2n) is 11.3. The van der Waals surface area contributed by atoms with Crippen LogP contribution in [0.3, 0.4) is 0 Å². The maximum atomic E-state index is 13.4. The van der Waals surface area contributed by atoms with E-state index in [-0.39, 0.29) is 23.3 Å². The third-order valence-electron chi connectivity index (χ3n) is 6.74. The van der Waals surface area contributed by atoms with Crippen molar-refractivity contribution in [3.8, 4) is 5.75 Å². The minimum Gasteiger partial charge on any atom is -0.507 e. The van der Waals surface area contributed by atoms with Crippen molar-refractivity contribution >= 4 is 17.4 Å². The average molecular weight is 513 g/mol. The van der Waals surface area contributed by atoms with Crippen molar-refractivity contribution in [2.75, 3.05) is 6.61 Å². The number of Topliss-reactive ketones (excluding diaryl/α,β-unsaturated/α-hetero) is 1. The number of pyridine rings is 1. The molecule has 198 valence electrons. The molecule has 1 saturated heterocycles. The van der Waals surface area contributed by atoms with Gasteiger partial charge in [-0.3, -0.25) is 14.6 Å². The first kappa shape index (κ1) is 27.1. The number of nitrogens with zero attached hydrogens (tertiary/aromatic N) is 2. The lowest BCUT2D eigenvalue weighted by Crippen LogP contribution is -2.29. The molecule has 0 radical (unpaired) electrons. The van der Waals surface area contributed by atoms with E-state index in [2.05, 4.69) is 39.6 Å².